The maximum absolute atomic E-state index is 11.9. The summed E-state index contributed by atoms with van der Waals surface area (Å²) >= 11 is 6.26. The standard InChI is InChI=1S/C16H20ClN3O3/c17-13-6-11(7-14-15(13)23-10-22-14)8-19-4-1-2-12(9-19)20-5-3-18-16(20)21/h6-7,12H,1-5,8-10H2,(H,18,21)/t12-/m1/s1. The number of carbonyl (C=O) groups is 1. The molecule has 0 aromatic heterocycles. The number of amides is 2. The number of benzene rings is 1. The molecule has 2 fully saturated rings. The Labute approximate surface area is 140 Å². The second kappa shape index (κ2) is 6.09. The minimum Gasteiger partial charge on any atom is -0.454 e. The molecule has 1 aromatic rings. The number of urea groups is 1. The third-order valence-corrected chi connectivity index (χ3v) is 4.99. The summed E-state index contributed by atoms with van der Waals surface area (Å²) in [6, 6.07) is 4.32. The van der Waals surface area contributed by atoms with Crippen LogP contribution in [0.2, 0.25) is 5.02 Å². The molecule has 2 amide bonds. The van der Waals surface area contributed by atoms with Gasteiger partial charge in [0.1, 0.15) is 0 Å². The minimum atomic E-state index is 0.0722. The molecule has 0 unspecified atom stereocenters. The Balaban J connectivity index is 1.44. The molecule has 2 saturated heterocycles. The van der Waals surface area contributed by atoms with Crippen LogP contribution in [0.5, 0.6) is 11.5 Å². The molecule has 0 radical (unpaired) electrons. The summed E-state index contributed by atoms with van der Waals surface area (Å²) in [5.74, 6) is 1.36. The van der Waals surface area contributed by atoms with Crippen LogP contribution in [0.4, 0.5) is 4.79 Å². The first kappa shape index (κ1) is 14.9. The Bertz CT molecular complexity index is 625. The molecule has 3 aliphatic heterocycles. The molecule has 0 saturated carbocycles. The predicted octanol–water partition coefficient (Wildman–Crippen LogP) is 2.06. The molecule has 124 valence electrons. The fourth-order valence-electron chi connectivity index (χ4n) is 3.63. The van der Waals surface area contributed by atoms with Gasteiger partial charge in [0.25, 0.3) is 0 Å². The first-order chi connectivity index (χ1) is 11.2. The van der Waals surface area contributed by atoms with Gasteiger partial charge >= 0.3 is 6.03 Å². The molecule has 3 heterocycles. The molecule has 1 aromatic carbocycles. The summed E-state index contributed by atoms with van der Waals surface area (Å²) in [6.07, 6.45) is 2.18. The maximum Gasteiger partial charge on any atom is 0.317 e. The smallest absolute Gasteiger partial charge is 0.317 e. The predicted molar refractivity (Wildman–Crippen MR) is 86.0 cm³/mol. The monoisotopic (exact) mass is 337 g/mol. The highest BCUT2D eigenvalue weighted by molar-refractivity contribution is 6.32. The van der Waals surface area contributed by atoms with Crippen LogP contribution in [0.3, 0.4) is 0 Å². The topological polar surface area (TPSA) is 54.0 Å². The summed E-state index contributed by atoms with van der Waals surface area (Å²) in [7, 11) is 0. The van der Waals surface area contributed by atoms with Gasteiger partial charge in [0, 0.05) is 32.2 Å². The van der Waals surface area contributed by atoms with Crippen molar-refractivity contribution < 1.29 is 14.3 Å². The molecule has 1 N–H and O–H groups in total. The highest BCUT2D eigenvalue weighted by Gasteiger charge is 2.31. The largest absolute Gasteiger partial charge is 0.454 e. The summed E-state index contributed by atoms with van der Waals surface area (Å²) in [5, 5.41) is 3.49. The summed E-state index contributed by atoms with van der Waals surface area (Å²) < 4.78 is 10.8. The number of hydrogen-bond acceptors (Lipinski definition) is 4. The number of nitrogens with zero attached hydrogens (tertiary/aromatic N) is 2. The van der Waals surface area contributed by atoms with Crippen molar-refractivity contribution in [3.05, 3.63) is 22.7 Å². The fourth-order valence-corrected chi connectivity index (χ4v) is 3.92. The molecule has 0 spiro atoms. The van der Waals surface area contributed by atoms with Crippen molar-refractivity contribution in [3.8, 4) is 11.5 Å². The van der Waals surface area contributed by atoms with Crippen molar-refractivity contribution >= 4 is 17.6 Å². The molecular weight excluding hydrogens is 318 g/mol. The number of rotatable bonds is 3. The maximum atomic E-state index is 11.9. The van der Waals surface area contributed by atoms with Crippen LogP contribution in [0.25, 0.3) is 0 Å². The molecule has 23 heavy (non-hydrogen) atoms. The SMILES string of the molecule is O=C1NCCN1[C@@H]1CCCN(Cc2cc(Cl)c3c(c2)OCO3)C1. The van der Waals surface area contributed by atoms with E-state index in [1.807, 2.05) is 17.0 Å². The zero-order valence-electron chi connectivity index (χ0n) is 12.9. The van der Waals surface area contributed by atoms with Crippen molar-refractivity contribution in [2.24, 2.45) is 0 Å². The summed E-state index contributed by atoms with van der Waals surface area (Å²) in [6.45, 7) is 4.55. The van der Waals surface area contributed by atoms with E-state index >= 15 is 0 Å². The molecule has 3 aliphatic rings. The van der Waals surface area contributed by atoms with Gasteiger partial charge in [-0.3, -0.25) is 4.90 Å². The molecule has 4 rings (SSSR count). The Hall–Kier alpha value is -1.66. The van der Waals surface area contributed by atoms with Crippen LogP contribution in [0.15, 0.2) is 12.1 Å². The average molecular weight is 338 g/mol. The van der Waals surface area contributed by atoms with Crippen LogP contribution < -0.4 is 14.8 Å². The molecular formula is C16H20ClN3O3. The van der Waals surface area contributed by atoms with E-state index in [4.69, 9.17) is 21.1 Å². The number of halogens is 1. The lowest BCUT2D eigenvalue weighted by Gasteiger charge is -2.37. The first-order valence-electron chi connectivity index (χ1n) is 8.05. The van der Waals surface area contributed by atoms with Crippen LogP contribution in [-0.2, 0) is 6.54 Å². The first-order valence-corrected chi connectivity index (χ1v) is 8.43. The van der Waals surface area contributed by atoms with E-state index in [2.05, 4.69) is 10.2 Å². The highest BCUT2D eigenvalue weighted by Crippen LogP contribution is 2.40. The van der Waals surface area contributed by atoms with Crippen LogP contribution >= 0.6 is 11.6 Å². The molecule has 0 bridgehead atoms. The van der Waals surface area contributed by atoms with E-state index in [1.54, 1.807) is 0 Å². The lowest BCUT2D eigenvalue weighted by molar-refractivity contribution is 0.122. The zero-order chi connectivity index (χ0) is 15.8. The normalized spacial score (nSPS) is 24.1. The van der Waals surface area contributed by atoms with Gasteiger partial charge in [-0.1, -0.05) is 11.6 Å². The van der Waals surface area contributed by atoms with E-state index in [9.17, 15) is 4.79 Å². The summed E-state index contributed by atoms with van der Waals surface area (Å²) in [4.78, 5) is 16.2. The van der Waals surface area contributed by atoms with Crippen molar-refractivity contribution in [2.45, 2.75) is 25.4 Å². The van der Waals surface area contributed by atoms with Gasteiger partial charge in [-0.2, -0.15) is 0 Å². The van der Waals surface area contributed by atoms with Gasteiger partial charge < -0.3 is 19.7 Å². The van der Waals surface area contributed by atoms with Crippen molar-refractivity contribution in [1.29, 1.82) is 0 Å². The minimum absolute atomic E-state index is 0.0722. The van der Waals surface area contributed by atoms with E-state index in [1.165, 1.54) is 0 Å². The number of likely N-dealkylation sites (tertiary alicyclic amines) is 1. The molecule has 1 atom stereocenters. The van der Waals surface area contributed by atoms with E-state index in [0.717, 1.165) is 56.9 Å². The number of carbonyl (C=O) groups excluding carboxylic acids is 1. The van der Waals surface area contributed by atoms with Gasteiger partial charge in [-0.15, -0.1) is 0 Å². The quantitative estimate of drug-likeness (QED) is 0.917. The van der Waals surface area contributed by atoms with Crippen LogP contribution in [0, 0.1) is 0 Å². The average Bonchev–Trinajstić information content (AvgIpc) is 3.16. The van der Waals surface area contributed by atoms with Crippen molar-refractivity contribution in [2.75, 3.05) is 33.0 Å². The van der Waals surface area contributed by atoms with Gasteiger partial charge in [-0.25, -0.2) is 4.79 Å². The third-order valence-electron chi connectivity index (χ3n) is 4.70. The van der Waals surface area contributed by atoms with E-state index in [0.29, 0.717) is 16.8 Å². The number of hydrogen-bond donors (Lipinski definition) is 1. The lowest BCUT2D eigenvalue weighted by Crippen LogP contribution is -2.48. The molecule has 0 aliphatic carbocycles. The van der Waals surface area contributed by atoms with E-state index in [-0.39, 0.29) is 12.8 Å². The Morgan fingerprint density at radius 1 is 1.30 bits per heavy atom. The Kier molecular flexibility index (Phi) is 3.95. The zero-order valence-corrected chi connectivity index (χ0v) is 13.6. The number of ether oxygens (including phenoxy) is 2. The second-order valence-electron chi connectivity index (χ2n) is 6.27. The van der Waals surface area contributed by atoms with Gasteiger partial charge in [0.15, 0.2) is 11.5 Å². The van der Waals surface area contributed by atoms with Gasteiger partial charge in [-0.05, 0) is 37.1 Å². The van der Waals surface area contributed by atoms with Gasteiger partial charge in [0.05, 0.1) is 5.02 Å². The lowest BCUT2D eigenvalue weighted by atomic mass is 10.0. The Morgan fingerprint density at radius 3 is 3.04 bits per heavy atom. The van der Waals surface area contributed by atoms with Gasteiger partial charge in [0.2, 0.25) is 6.79 Å². The third kappa shape index (κ3) is 2.93. The number of piperidine rings is 1. The van der Waals surface area contributed by atoms with E-state index < -0.39 is 0 Å². The molecule has 7 heteroatoms. The number of fused-ring (bicyclic) bond motifs is 1. The van der Waals surface area contributed by atoms with Crippen molar-refractivity contribution in [3.63, 3.8) is 0 Å². The fraction of sp³-hybridized carbons (Fsp3) is 0.562. The highest BCUT2D eigenvalue weighted by atomic mass is 35.5. The van der Waals surface area contributed by atoms with Crippen LogP contribution in [0.1, 0.15) is 18.4 Å². The molecule has 6 nitrogen and oxygen atoms in total. The summed E-state index contributed by atoms with van der Waals surface area (Å²) in [5.41, 5.74) is 1.12. The van der Waals surface area contributed by atoms with Crippen molar-refractivity contribution in [1.82, 2.24) is 15.1 Å². The number of nitrogens with one attached hydrogen (secondary N) is 1. The second-order valence-corrected chi connectivity index (χ2v) is 6.68. The Morgan fingerprint density at radius 2 is 2.22 bits per heavy atom. The van der Waals surface area contributed by atoms with Crippen LogP contribution in [-0.4, -0.2) is 54.8 Å².